The van der Waals surface area contributed by atoms with Crippen molar-refractivity contribution in [1.82, 2.24) is 20.4 Å². The summed E-state index contributed by atoms with van der Waals surface area (Å²) in [6, 6.07) is 2.78. The zero-order valence-electron chi connectivity index (χ0n) is 9.77. The van der Waals surface area contributed by atoms with Crippen molar-refractivity contribution in [3.8, 4) is 0 Å². The number of amides is 1. The third-order valence-electron chi connectivity index (χ3n) is 2.23. The fourth-order valence-corrected chi connectivity index (χ4v) is 1.41. The molecule has 2 rings (SSSR count). The molecule has 0 fully saturated rings. The summed E-state index contributed by atoms with van der Waals surface area (Å²) in [5.74, 6) is 0.724. The number of aromatic nitrogens is 3. The van der Waals surface area contributed by atoms with Gasteiger partial charge in [-0.2, -0.15) is 4.98 Å². The number of aryl methyl sites for hydroxylation is 1. The summed E-state index contributed by atoms with van der Waals surface area (Å²) >= 11 is 0. The van der Waals surface area contributed by atoms with Crippen molar-refractivity contribution in [2.24, 2.45) is 0 Å². The molecule has 0 aromatic carbocycles. The molecular formula is C11H12N4O3. The average molecular weight is 248 g/mol. The van der Waals surface area contributed by atoms with Gasteiger partial charge in [-0.25, -0.2) is 0 Å². The fraction of sp³-hybridized carbons (Fsp3) is 0.273. The number of carbonyl (C=O) groups excluding carboxylic acids is 1. The summed E-state index contributed by atoms with van der Waals surface area (Å²) in [4.78, 5) is 29.1. The molecule has 0 aliphatic heterocycles. The van der Waals surface area contributed by atoms with Gasteiger partial charge in [0.05, 0.1) is 0 Å². The molecule has 1 amide bonds. The Balaban J connectivity index is 1.87. The minimum absolute atomic E-state index is 0.308. The second-order valence-corrected chi connectivity index (χ2v) is 3.68. The normalized spacial score (nSPS) is 10.3. The molecule has 0 saturated heterocycles. The van der Waals surface area contributed by atoms with Crippen LogP contribution in [-0.2, 0) is 6.42 Å². The first-order valence-corrected chi connectivity index (χ1v) is 5.41. The summed E-state index contributed by atoms with van der Waals surface area (Å²) in [5.41, 5.74) is 0.00985. The van der Waals surface area contributed by atoms with E-state index in [1.165, 1.54) is 18.3 Å². The van der Waals surface area contributed by atoms with Crippen LogP contribution >= 0.6 is 0 Å². The van der Waals surface area contributed by atoms with Crippen LogP contribution in [0.3, 0.4) is 0 Å². The van der Waals surface area contributed by atoms with Gasteiger partial charge in [0.15, 0.2) is 5.82 Å². The number of H-pyrrole nitrogens is 1. The molecule has 2 aromatic heterocycles. The molecule has 2 aromatic rings. The lowest BCUT2D eigenvalue weighted by molar-refractivity contribution is 0.0953. The van der Waals surface area contributed by atoms with E-state index in [9.17, 15) is 9.59 Å². The van der Waals surface area contributed by atoms with Crippen molar-refractivity contribution in [1.29, 1.82) is 0 Å². The predicted octanol–water partition coefficient (Wildman–Crippen LogP) is 0.0388. The Labute approximate surface area is 102 Å². The highest BCUT2D eigenvalue weighted by Crippen LogP contribution is 1.97. The standard InChI is InChI=1S/C11H12N4O3/c1-7-14-10(18-15-7)3-5-13-11(17)8-2-4-12-9(16)6-8/h2,4,6H,3,5H2,1H3,(H,12,16)(H,13,17). The van der Waals surface area contributed by atoms with Gasteiger partial charge >= 0.3 is 0 Å². The van der Waals surface area contributed by atoms with E-state index in [-0.39, 0.29) is 11.5 Å². The molecule has 0 aliphatic carbocycles. The monoisotopic (exact) mass is 248 g/mol. The van der Waals surface area contributed by atoms with E-state index in [1.54, 1.807) is 6.92 Å². The van der Waals surface area contributed by atoms with Gasteiger partial charge in [-0.1, -0.05) is 5.16 Å². The predicted molar refractivity (Wildman–Crippen MR) is 62.1 cm³/mol. The van der Waals surface area contributed by atoms with E-state index in [2.05, 4.69) is 20.4 Å². The summed E-state index contributed by atoms with van der Waals surface area (Å²) in [6.45, 7) is 2.09. The quantitative estimate of drug-likeness (QED) is 0.795. The van der Waals surface area contributed by atoms with Crippen LogP contribution in [-0.4, -0.2) is 27.6 Å². The summed E-state index contributed by atoms with van der Waals surface area (Å²) in [5, 5.41) is 6.30. The minimum Gasteiger partial charge on any atom is -0.352 e. The molecule has 2 heterocycles. The van der Waals surface area contributed by atoms with Crippen molar-refractivity contribution >= 4 is 5.91 Å². The summed E-state index contributed by atoms with van der Waals surface area (Å²) < 4.78 is 4.90. The van der Waals surface area contributed by atoms with Crippen LogP contribution in [0.4, 0.5) is 0 Å². The Bertz CT molecular complexity index is 602. The van der Waals surface area contributed by atoms with Gasteiger partial charge < -0.3 is 14.8 Å². The van der Waals surface area contributed by atoms with Crippen LogP contribution < -0.4 is 10.9 Å². The minimum atomic E-state index is -0.310. The molecule has 0 aliphatic rings. The molecule has 0 unspecified atom stereocenters. The van der Waals surface area contributed by atoms with Crippen LogP contribution in [0.5, 0.6) is 0 Å². The van der Waals surface area contributed by atoms with Gasteiger partial charge in [-0.15, -0.1) is 0 Å². The zero-order chi connectivity index (χ0) is 13.0. The molecule has 0 atom stereocenters. The smallest absolute Gasteiger partial charge is 0.251 e. The Hall–Kier alpha value is -2.44. The van der Waals surface area contributed by atoms with E-state index in [4.69, 9.17) is 4.52 Å². The Kier molecular flexibility index (Phi) is 3.52. The summed E-state index contributed by atoms with van der Waals surface area (Å²) in [6.07, 6.45) is 1.88. The highest BCUT2D eigenvalue weighted by Gasteiger charge is 2.07. The molecule has 0 bridgehead atoms. The molecule has 7 heteroatoms. The second kappa shape index (κ2) is 5.26. The highest BCUT2D eigenvalue weighted by atomic mass is 16.5. The molecule has 7 nitrogen and oxygen atoms in total. The largest absolute Gasteiger partial charge is 0.352 e. The number of nitrogens with zero attached hydrogens (tertiary/aromatic N) is 2. The lowest BCUT2D eigenvalue weighted by atomic mass is 10.2. The first-order chi connectivity index (χ1) is 8.65. The van der Waals surface area contributed by atoms with E-state index in [0.717, 1.165) is 0 Å². The number of hydrogen-bond donors (Lipinski definition) is 2. The van der Waals surface area contributed by atoms with Crippen LogP contribution in [0.15, 0.2) is 27.6 Å². The maximum Gasteiger partial charge on any atom is 0.251 e. The Morgan fingerprint density at radius 3 is 3.06 bits per heavy atom. The highest BCUT2D eigenvalue weighted by molar-refractivity contribution is 5.93. The SMILES string of the molecule is Cc1noc(CCNC(=O)c2cc[nH]c(=O)c2)n1. The van der Waals surface area contributed by atoms with Gasteiger partial charge in [0, 0.05) is 30.8 Å². The fourth-order valence-electron chi connectivity index (χ4n) is 1.41. The molecule has 94 valence electrons. The molecular weight excluding hydrogens is 236 g/mol. The number of nitrogens with one attached hydrogen (secondary N) is 2. The van der Waals surface area contributed by atoms with Crippen molar-refractivity contribution in [3.05, 3.63) is 46.0 Å². The number of rotatable bonds is 4. The number of carbonyl (C=O) groups is 1. The van der Waals surface area contributed by atoms with Crippen LogP contribution in [0, 0.1) is 6.92 Å². The number of aromatic amines is 1. The van der Waals surface area contributed by atoms with E-state index >= 15 is 0 Å². The van der Waals surface area contributed by atoms with Crippen LogP contribution in [0.1, 0.15) is 22.1 Å². The third kappa shape index (κ3) is 3.03. The molecule has 18 heavy (non-hydrogen) atoms. The average Bonchev–Trinajstić information content (AvgIpc) is 2.75. The molecule has 0 radical (unpaired) electrons. The second-order valence-electron chi connectivity index (χ2n) is 3.68. The lowest BCUT2D eigenvalue weighted by Gasteiger charge is -2.02. The molecule has 0 saturated carbocycles. The number of hydrogen-bond acceptors (Lipinski definition) is 5. The lowest BCUT2D eigenvalue weighted by Crippen LogP contribution is -2.26. The maximum atomic E-state index is 11.7. The van der Waals surface area contributed by atoms with Gasteiger partial charge in [0.2, 0.25) is 11.4 Å². The van der Waals surface area contributed by atoms with Gasteiger partial charge in [0.1, 0.15) is 0 Å². The summed E-state index contributed by atoms with van der Waals surface area (Å²) in [7, 11) is 0. The van der Waals surface area contributed by atoms with E-state index in [1.807, 2.05) is 0 Å². The maximum absolute atomic E-state index is 11.7. The van der Waals surface area contributed by atoms with Crippen molar-refractivity contribution in [3.63, 3.8) is 0 Å². The number of pyridine rings is 1. The molecule has 2 N–H and O–H groups in total. The third-order valence-corrected chi connectivity index (χ3v) is 2.23. The first-order valence-electron chi connectivity index (χ1n) is 5.41. The first kappa shape index (κ1) is 12.0. The zero-order valence-corrected chi connectivity index (χ0v) is 9.77. The van der Waals surface area contributed by atoms with E-state index < -0.39 is 0 Å². The van der Waals surface area contributed by atoms with Crippen molar-refractivity contribution in [2.75, 3.05) is 6.54 Å². The topological polar surface area (TPSA) is 101 Å². The Morgan fingerprint density at radius 1 is 1.56 bits per heavy atom. The van der Waals surface area contributed by atoms with E-state index in [0.29, 0.717) is 30.2 Å². The van der Waals surface area contributed by atoms with Crippen LogP contribution in [0.2, 0.25) is 0 Å². The Morgan fingerprint density at radius 2 is 2.39 bits per heavy atom. The van der Waals surface area contributed by atoms with Gasteiger partial charge in [0.25, 0.3) is 5.91 Å². The van der Waals surface area contributed by atoms with Crippen molar-refractivity contribution in [2.45, 2.75) is 13.3 Å². The van der Waals surface area contributed by atoms with Crippen molar-refractivity contribution < 1.29 is 9.32 Å². The van der Waals surface area contributed by atoms with Gasteiger partial charge in [-0.3, -0.25) is 9.59 Å². The molecule has 0 spiro atoms. The van der Waals surface area contributed by atoms with Gasteiger partial charge in [-0.05, 0) is 13.0 Å². The van der Waals surface area contributed by atoms with Crippen LogP contribution in [0.25, 0.3) is 0 Å².